The normalized spacial score (nSPS) is 29.9. The zero-order valence-corrected chi connectivity index (χ0v) is 13.6. The minimum atomic E-state index is 0.226. The molecule has 23 heavy (non-hydrogen) atoms. The fourth-order valence-corrected chi connectivity index (χ4v) is 3.75. The molecule has 1 aromatic rings. The number of ether oxygens (including phenoxy) is 1. The molecule has 2 aliphatic heterocycles. The van der Waals surface area contributed by atoms with Gasteiger partial charge in [0, 0.05) is 45.2 Å². The molecule has 1 N–H and O–H groups in total. The van der Waals surface area contributed by atoms with Crippen LogP contribution in [-0.2, 0) is 4.74 Å². The summed E-state index contributed by atoms with van der Waals surface area (Å²) in [7, 11) is 0. The molecule has 4 rings (SSSR count). The van der Waals surface area contributed by atoms with Crippen LogP contribution in [0.3, 0.4) is 0 Å². The minimum Gasteiger partial charge on any atom is -0.396 e. The van der Waals surface area contributed by atoms with Crippen LogP contribution < -0.4 is 4.90 Å². The summed E-state index contributed by atoms with van der Waals surface area (Å²) in [5.74, 6) is 2.80. The van der Waals surface area contributed by atoms with Crippen LogP contribution in [0.2, 0.25) is 0 Å². The Hall–Kier alpha value is -1.18. The first-order valence-corrected chi connectivity index (χ1v) is 8.81. The van der Waals surface area contributed by atoms with Crippen LogP contribution in [0.25, 0.3) is 0 Å². The van der Waals surface area contributed by atoms with Gasteiger partial charge in [0.25, 0.3) is 5.95 Å². The van der Waals surface area contributed by atoms with Crippen LogP contribution in [0, 0.1) is 11.8 Å². The van der Waals surface area contributed by atoms with Crippen molar-refractivity contribution in [2.45, 2.75) is 25.2 Å². The quantitative estimate of drug-likeness (QED) is 0.856. The number of nitrogens with zero attached hydrogens (tertiary/aromatic N) is 4. The van der Waals surface area contributed by atoms with Crippen molar-refractivity contribution in [2.24, 2.45) is 11.8 Å². The molecule has 0 spiro atoms. The predicted octanol–water partition coefficient (Wildman–Crippen LogP) is 0.714. The van der Waals surface area contributed by atoms with Gasteiger partial charge in [0.05, 0.1) is 13.2 Å². The SMILES string of the molecule is OC[C@H]1C[C@H](CN2CCOCC2)CN(c2noc(C3CC3)n2)C1. The van der Waals surface area contributed by atoms with Crippen LogP contribution in [0.4, 0.5) is 5.95 Å². The van der Waals surface area contributed by atoms with Crippen molar-refractivity contribution in [3.63, 3.8) is 0 Å². The van der Waals surface area contributed by atoms with Gasteiger partial charge in [-0.3, -0.25) is 4.90 Å². The van der Waals surface area contributed by atoms with Gasteiger partial charge in [0.1, 0.15) is 0 Å². The van der Waals surface area contributed by atoms with Crippen molar-refractivity contribution in [1.82, 2.24) is 15.0 Å². The Morgan fingerprint density at radius 2 is 1.91 bits per heavy atom. The standard InChI is InChI=1S/C16H26N4O3/c21-11-13-7-12(8-19-3-5-22-6-4-19)9-20(10-13)16-17-15(23-18-16)14-1-2-14/h12-14,21H,1-11H2/t12-,13+/m1/s1. The van der Waals surface area contributed by atoms with Crippen LogP contribution in [0.1, 0.15) is 31.1 Å². The Morgan fingerprint density at radius 3 is 2.65 bits per heavy atom. The number of aromatic nitrogens is 2. The van der Waals surface area contributed by atoms with E-state index in [1.807, 2.05) is 0 Å². The summed E-state index contributed by atoms with van der Waals surface area (Å²) in [5, 5.41) is 13.8. The van der Waals surface area contributed by atoms with E-state index in [4.69, 9.17) is 9.26 Å². The van der Waals surface area contributed by atoms with Gasteiger partial charge >= 0.3 is 0 Å². The number of hydrogen-bond acceptors (Lipinski definition) is 7. The first-order valence-electron chi connectivity index (χ1n) is 8.81. The Labute approximate surface area is 136 Å². The highest BCUT2D eigenvalue weighted by Gasteiger charge is 2.33. The molecule has 3 aliphatic rings. The second-order valence-corrected chi connectivity index (χ2v) is 7.18. The summed E-state index contributed by atoms with van der Waals surface area (Å²) in [6, 6.07) is 0. The molecule has 3 fully saturated rings. The largest absolute Gasteiger partial charge is 0.396 e. The number of hydrogen-bond donors (Lipinski definition) is 1. The lowest BCUT2D eigenvalue weighted by atomic mass is 9.89. The molecule has 1 saturated carbocycles. The second kappa shape index (κ2) is 6.75. The molecule has 128 valence electrons. The molecule has 3 heterocycles. The van der Waals surface area contributed by atoms with Crippen molar-refractivity contribution in [3.8, 4) is 0 Å². The van der Waals surface area contributed by atoms with E-state index in [-0.39, 0.29) is 12.5 Å². The lowest BCUT2D eigenvalue weighted by Gasteiger charge is -2.39. The monoisotopic (exact) mass is 322 g/mol. The number of piperidine rings is 1. The fraction of sp³-hybridized carbons (Fsp3) is 0.875. The zero-order valence-electron chi connectivity index (χ0n) is 13.6. The molecule has 0 radical (unpaired) electrons. The van der Waals surface area contributed by atoms with Gasteiger partial charge in [-0.2, -0.15) is 4.98 Å². The third kappa shape index (κ3) is 3.67. The van der Waals surface area contributed by atoms with Gasteiger partial charge in [0.15, 0.2) is 0 Å². The molecule has 7 heteroatoms. The van der Waals surface area contributed by atoms with Crippen LogP contribution >= 0.6 is 0 Å². The molecule has 0 aromatic carbocycles. The van der Waals surface area contributed by atoms with E-state index >= 15 is 0 Å². The number of anilines is 1. The Kier molecular flexibility index (Phi) is 4.50. The summed E-state index contributed by atoms with van der Waals surface area (Å²) in [6.07, 6.45) is 3.40. The van der Waals surface area contributed by atoms with Gasteiger partial charge < -0.3 is 19.3 Å². The Morgan fingerprint density at radius 1 is 1.13 bits per heavy atom. The van der Waals surface area contributed by atoms with E-state index in [2.05, 4.69) is 19.9 Å². The van der Waals surface area contributed by atoms with Crippen LogP contribution in [-0.4, -0.2) is 72.7 Å². The third-order valence-corrected chi connectivity index (χ3v) is 5.14. The Bertz CT molecular complexity index is 513. The summed E-state index contributed by atoms with van der Waals surface area (Å²) in [5.41, 5.74) is 0. The van der Waals surface area contributed by atoms with Gasteiger partial charge in [0.2, 0.25) is 5.89 Å². The molecule has 2 saturated heterocycles. The van der Waals surface area contributed by atoms with Crippen LogP contribution in [0.15, 0.2) is 4.52 Å². The van der Waals surface area contributed by atoms with Gasteiger partial charge in [-0.1, -0.05) is 0 Å². The van der Waals surface area contributed by atoms with Crippen molar-refractivity contribution in [1.29, 1.82) is 0 Å². The fourth-order valence-electron chi connectivity index (χ4n) is 3.75. The predicted molar refractivity (Wildman–Crippen MR) is 84.4 cm³/mol. The van der Waals surface area contributed by atoms with E-state index < -0.39 is 0 Å². The maximum Gasteiger partial charge on any atom is 0.266 e. The van der Waals surface area contributed by atoms with Gasteiger partial charge in [-0.15, -0.1) is 0 Å². The third-order valence-electron chi connectivity index (χ3n) is 5.14. The lowest BCUT2D eigenvalue weighted by molar-refractivity contribution is 0.0267. The highest BCUT2D eigenvalue weighted by molar-refractivity contribution is 5.30. The first-order chi connectivity index (χ1) is 11.3. The molecule has 2 atom stereocenters. The number of rotatable bonds is 5. The van der Waals surface area contributed by atoms with E-state index in [0.29, 0.717) is 17.8 Å². The van der Waals surface area contributed by atoms with E-state index in [1.54, 1.807) is 0 Å². The van der Waals surface area contributed by atoms with E-state index in [1.165, 1.54) is 12.8 Å². The molecule has 0 unspecified atom stereocenters. The number of aliphatic hydroxyl groups is 1. The first kappa shape index (κ1) is 15.4. The Balaban J connectivity index is 1.41. The van der Waals surface area contributed by atoms with Gasteiger partial charge in [-0.05, 0) is 36.3 Å². The molecular formula is C16H26N4O3. The molecular weight excluding hydrogens is 296 g/mol. The maximum absolute atomic E-state index is 9.66. The smallest absolute Gasteiger partial charge is 0.266 e. The van der Waals surface area contributed by atoms with Crippen molar-refractivity contribution < 1.29 is 14.4 Å². The summed E-state index contributed by atoms with van der Waals surface area (Å²) >= 11 is 0. The van der Waals surface area contributed by atoms with Crippen molar-refractivity contribution in [2.75, 3.05) is 57.4 Å². The van der Waals surface area contributed by atoms with E-state index in [0.717, 1.165) is 58.2 Å². The number of morpholine rings is 1. The molecule has 1 aromatic heterocycles. The molecule has 7 nitrogen and oxygen atoms in total. The lowest BCUT2D eigenvalue weighted by Crippen LogP contribution is -2.48. The van der Waals surface area contributed by atoms with Crippen LogP contribution in [0.5, 0.6) is 0 Å². The minimum absolute atomic E-state index is 0.226. The zero-order chi connectivity index (χ0) is 15.6. The average molecular weight is 322 g/mol. The summed E-state index contributed by atoms with van der Waals surface area (Å²) in [6.45, 7) is 6.72. The highest BCUT2D eigenvalue weighted by Crippen LogP contribution is 2.39. The molecule has 0 amide bonds. The molecule has 1 aliphatic carbocycles. The van der Waals surface area contributed by atoms with Crippen molar-refractivity contribution in [3.05, 3.63) is 5.89 Å². The summed E-state index contributed by atoms with van der Waals surface area (Å²) < 4.78 is 10.8. The van der Waals surface area contributed by atoms with E-state index in [9.17, 15) is 5.11 Å². The van der Waals surface area contributed by atoms with Gasteiger partial charge in [-0.25, -0.2) is 0 Å². The summed E-state index contributed by atoms with van der Waals surface area (Å²) in [4.78, 5) is 9.25. The topological polar surface area (TPSA) is 74.9 Å². The highest BCUT2D eigenvalue weighted by atomic mass is 16.5. The molecule has 0 bridgehead atoms. The average Bonchev–Trinajstić information content (AvgIpc) is 3.32. The van der Waals surface area contributed by atoms with Crippen molar-refractivity contribution >= 4 is 5.95 Å². The maximum atomic E-state index is 9.66. The number of aliphatic hydroxyl groups excluding tert-OH is 1. The second-order valence-electron chi connectivity index (χ2n) is 7.18.